The van der Waals surface area contributed by atoms with Gasteiger partial charge in [0.05, 0.1) is 16.5 Å². The quantitative estimate of drug-likeness (QED) is 0.864. The lowest BCUT2D eigenvalue weighted by Gasteiger charge is -2.35. The molecule has 2 aromatic rings. The van der Waals surface area contributed by atoms with E-state index in [1.54, 1.807) is 6.07 Å². The Kier molecular flexibility index (Phi) is 5.30. The first kappa shape index (κ1) is 17.1. The molecule has 0 saturated carbocycles. The van der Waals surface area contributed by atoms with E-state index < -0.39 is 0 Å². The number of likely N-dealkylation sites (N-methyl/N-ethyl adjacent to an activating group) is 1. The van der Waals surface area contributed by atoms with Crippen molar-refractivity contribution in [3.05, 3.63) is 34.6 Å². The van der Waals surface area contributed by atoms with Crippen molar-refractivity contribution in [2.75, 3.05) is 44.2 Å². The van der Waals surface area contributed by atoms with Crippen molar-refractivity contribution in [2.45, 2.75) is 6.92 Å². The molecule has 1 N–H and O–H groups in total. The third-order valence-electron chi connectivity index (χ3n) is 4.15. The second-order valence-corrected chi connectivity index (χ2v) is 6.70. The Balaban J connectivity index is 1.67. The minimum absolute atomic E-state index is 0.0656. The van der Waals surface area contributed by atoms with Gasteiger partial charge in [-0.15, -0.1) is 0 Å². The number of pyridine rings is 1. The van der Waals surface area contributed by atoms with Crippen molar-refractivity contribution in [3.8, 4) is 0 Å². The van der Waals surface area contributed by atoms with Gasteiger partial charge < -0.3 is 10.2 Å². The number of halogens is 2. The Labute approximate surface area is 149 Å². The molecule has 1 aromatic heterocycles. The molecule has 7 heteroatoms. The molecule has 1 aliphatic heterocycles. The zero-order valence-electron chi connectivity index (χ0n) is 13.6. The molecular formula is C17H20BrFN4O. The van der Waals surface area contributed by atoms with Gasteiger partial charge in [0, 0.05) is 44.2 Å². The number of fused-ring (bicyclic) bond motifs is 1. The molecule has 0 bridgehead atoms. The molecule has 3 rings (SSSR count). The minimum atomic E-state index is -0.307. The lowest BCUT2D eigenvalue weighted by molar-refractivity contribution is -0.122. The number of hydrogen-bond acceptors (Lipinski definition) is 4. The smallest absolute Gasteiger partial charge is 0.234 e. The third-order valence-corrected chi connectivity index (χ3v) is 4.76. The third kappa shape index (κ3) is 3.84. The Bertz CT molecular complexity index is 747. The molecule has 1 saturated heterocycles. The maximum atomic E-state index is 13.7. The molecular weight excluding hydrogens is 375 g/mol. The van der Waals surface area contributed by atoms with Crippen LogP contribution in [0.25, 0.3) is 10.9 Å². The van der Waals surface area contributed by atoms with E-state index in [-0.39, 0.29) is 11.7 Å². The first-order valence-electron chi connectivity index (χ1n) is 8.06. The fourth-order valence-corrected chi connectivity index (χ4v) is 3.24. The van der Waals surface area contributed by atoms with Crippen LogP contribution < -0.4 is 10.2 Å². The lowest BCUT2D eigenvalue weighted by atomic mass is 10.2. The average molecular weight is 395 g/mol. The van der Waals surface area contributed by atoms with Crippen molar-refractivity contribution >= 4 is 38.6 Å². The van der Waals surface area contributed by atoms with Crippen molar-refractivity contribution in [1.29, 1.82) is 0 Å². The molecule has 0 atom stereocenters. The van der Waals surface area contributed by atoms with Crippen LogP contribution in [0.1, 0.15) is 6.92 Å². The predicted molar refractivity (Wildman–Crippen MR) is 96.7 cm³/mol. The summed E-state index contributed by atoms with van der Waals surface area (Å²) in [5.74, 6) is 0.608. The van der Waals surface area contributed by atoms with Crippen molar-refractivity contribution in [3.63, 3.8) is 0 Å². The van der Waals surface area contributed by atoms with Gasteiger partial charge in [-0.3, -0.25) is 9.69 Å². The first-order valence-corrected chi connectivity index (χ1v) is 8.86. The van der Waals surface area contributed by atoms with Gasteiger partial charge in [-0.25, -0.2) is 9.37 Å². The van der Waals surface area contributed by atoms with Crippen LogP contribution in [0.15, 0.2) is 28.7 Å². The second kappa shape index (κ2) is 7.44. The molecule has 2 heterocycles. The van der Waals surface area contributed by atoms with Crippen LogP contribution in [0.3, 0.4) is 0 Å². The van der Waals surface area contributed by atoms with E-state index in [9.17, 15) is 9.18 Å². The Morgan fingerprint density at radius 1 is 1.29 bits per heavy atom. The maximum absolute atomic E-state index is 13.7. The summed E-state index contributed by atoms with van der Waals surface area (Å²) in [5, 5.41) is 3.72. The average Bonchev–Trinajstić information content (AvgIpc) is 2.56. The first-order chi connectivity index (χ1) is 11.6. The Hall–Kier alpha value is -1.73. The van der Waals surface area contributed by atoms with E-state index >= 15 is 0 Å². The van der Waals surface area contributed by atoms with Gasteiger partial charge in [0.15, 0.2) is 0 Å². The van der Waals surface area contributed by atoms with Gasteiger partial charge in [-0.2, -0.15) is 0 Å². The monoisotopic (exact) mass is 394 g/mol. The molecule has 1 aliphatic rings. The molecule has 0 aliphatic carbocycles. The number of benzene rings is 1. The largest absolute Gasteiger partial charge is 0.355 e. The summed E-state index contributed by atoms with van der Waals surface area (Å²) in [7, 11) is 0. The number of nitrogens with zero attached hydrogens (tertiary/aromatic N) is 3. The van der Waals surface area contributed by atoms with Crippen LogP contribution >= 0.6 is 15.9 Å². The number of aromatic nitrogens is 1. The number of piperazine rings is 1. The topological polar surface area (TPSA) is 48.5 Å². The fraction of sp³-hybridized carbons (Fsp3) is 0.412. The van der Waals surface area contributed by atoms with Gasteiger partial charge in [-0.05, 0) is 41.1 Å². The zero-order chi connectivity index (χ0) is 17.1. The van der Waals surface area contributed by atoms with Gasteiger partial charge in [0.2, 0.25) is 5.91 Å². The molecule has 5 nitrogen and oxygen atoms in total. The van der Waals surface area contributed by atoms with Gasteiger partial charge in [-0.1, -0.05) is 0 Å². The number of carbonyl (C=O) groups is 1. The van der Waals surface area contributed by atoms with E-state index in [1.165, 1.54) is 6.07 Å². The summed E-state index contributed by atoms with van der Waals surface area (Å²) in [5.41, 5.74) is 0.651. The number of nitrogens with one attached hydrogen (secondary N) is 1. The predicted octanol–water partition coefficient (Wildman–Crippen LogP) is 2.39. The lowest BCUT2D eigenvalue weighted by Crippen LogP contribution is -2.49. The van der Waals surface area contributed by atoms with Crippen molar-refractivity contribution in [2.24, 2.45) is 0 Å². The highest BCUT2D eigenvalue weighted by atomic mass is 79.9. The van der Waals surface area contributed by atoms with Crippen LogP contribution in [0, 0.1) is 5.82 Å². The summed E-state index contributed by atoms with van der Waals surface area (Å²) in [6, 6.07) is 7.12. The summed E-state index contributed by atoms with van der Waals surface area (Å²) < 4.78 is 14.2. The molecule has 0 unspecified atom stereocenters. The second-order valence-electron chi connectivity index (χ2n) is 5.85. The maximum Gasteiger partial charge on any atom is 0.234 e. The fourth-order valence-electron chi connectivity index (χ4n) is 2.87. The van der Waals surface area contributed by atoms with E-state index in [0.717, 1.165) is 37.4 Å². The molecule has 0 radical (unpaired) electrons. The highest BCUT2D eigenvalue weighted by Gasteiger charge is 2.20. The number of carbonyl (C=O) groups excluding carboxylic acids is 1. The van der Waals surface area contributed by atoms with E-state index in [1.807, 2.05) is 19.1 Å². The van der Waals surface area contributed by atoms with E-state index in [0.29, 0.717) is 23.1 Å². The van der Waals surface area contributed by atoms with Crippen LogP contribution in [0.2, 0.25) is 0 Å². The van der Waals surface area contributed by atoms with Crippen LogP contribution in [-0.4, -0.2) is 55.1 Å². The van der Waals surface area contributed by atoms with E-state index in [2.05, 4.69) is 36.0 Å². The number of rotatable bonds is 4. The standard InChI is InChI=1S/C17H20BrFN4O/c1-2-20-17(24)11-22-5-7-23(8-6-22)16-4-3-12-9-13(18)14(19)10-15(12)21-16/h3-4,9-10H,2,5-8,11H2,1H3,(H,20,24). The van der Waals surface area contributed by atoms with Crippen molar-refractivity contribution < 1.29 is 9.18 Å². The summed E-state index contributed by atoms with van der Waals surface area (Å²) in [6.07, 6.45) is 0. The summed E-state index contributed by atoms with van der Waals surface area (Å²) in [4.78, 5) is 20.5. The number of amides is 1. The SMILES string of the molecule is CCNC(=O)CN1CCN(c2ccc3cc(Br)c(F)cc3n2)CC1. The van der Waals surface area contributed by atoms with Crippen LogP contribution in [0.4, 0.5) is 10.2 Å². The van der Waals surface area contributed by atoms with Crippen molar-refractivity contribution in [1.82, 2.24) is 15.2 Å². The highest BCUT2D eigenvalue weighted by Crippen LogP contribution is 2.25. The Morgan fingerprint density at radius 2 is 2.04 bits per heavy atom. The number of hydrogen-bond donors (Lipinski definition) is 1. The molecule has 1 amide bonds. The van der Waals surface area contributed by atoms with Gasteiger partial charge in [0.25, 0.3) is 0 Å². The van der Waals surface area contributed by atoms with E-state index in [4.69, 9.17) is 0 Å². The van der Waals surface area contributed by atoms with Crippen LogP contribution in [-0.2, 0) is 4.79 Å². The van der Waals surface area contributed by atoms with Gasteiger partial charge >= 0.3 is 0 Å². The molecule has 128 valence electrons. The normalized spacial score (nSPS) is 15.7. The number of anilines is 1. The molecule has 24 heavy (non-hydrogen) atoms. The zero-order valence-corrected chi connectivity index (χ0v) is 15.1. The molecule has 0 spiro atoms. The minimum Gasteiger partial charge on any atom is -0.355 e. The summed E-state index contributed by atoms with van der Waals surface area (Å²) in [6.45, 7) is 6.24. The molecule has 1 fully saturated rings. The van der Waals surface area contributed by atoms with Crippen LogP contribution in [0.5, 0.6) is 0 Å². The van der Waals surface area contributed by atoms with Gasteiger partial charge in [0.1, 0.15) is 11.6 Å². The molecule has 1 aromatic carbocycles. The highest BCUT2D eigenvalue weighted by molar-refractivity contribution is 9.10. The Morgan fingerprint density at radius 3 is 2.75 bits per heavy atom. The summed E-state index contributed by atoms with van der Waals surface area (Å²) >= 11 is 3.20.